The predicted octanol–water partition coefficient (Wildman–Crippen LogP) is -0.490. The number of benzene rings is 1. The van der Waals surface area contributed by atoms with E-state index in [1.54, 1.807) is 12.1 Å². The average Bonchev–Trinajstić information content (AvgIpc) is 3.07. The number of amides is 1. The number of primary amides is 1. The number of anilines is 1. The number of esters is 4. The summed E-state index contributed by atoms with van der Waals surface area (Å²) >= 11 is 0. The van der Waals surface area contributed by atoms with Crippen molar-refractivity contribution in [2.75, 3.05) is 32.3 Å². The third-order valence-corrected chi connectivity index (χ3v) is 5.41. The van der Waals surface area contributed by atoms with Crippen LogP contribution >= 0.6 is 0 Å². The molecule has 1 spiro atoms. The van der Waals surface area contributed by atoms with Crippen LogP contribution in [0.2, 0.25) is 0 Å². The van der Waals surface area contributed by atoms with Gasteiger partial charge in [0.25, 0.3) is 0 Å². The Labute approximate surface area is 194 Å². The Bertz CT molecular complexity index is 1150. The van der Waals surface area contributed by atoms with E-state index < -0.39 is 59.3 Å². The van der Waals surface area contributed by atoms with Crippen LogP contribution in [0.1, 0.15) is 18.9 Å². The summed E-state index contributed by atoms with van der Waals surface area (Å²) in [6.07, 6.45) is -0.600. The normalized spacial score (nSPS) is 19.0. The molecule has 34 heavy (non-hydrogen) atoms. The Morgan fingerprint density at radius 1 is 1.06 bits per heavy atom. The molecule has 0 unspecified atom stereocenters. The largest absolute Gasteiger partial charge is 0.469 e. The molecule has 0 aromatic heterocycles. The first kappa shape index (κ1) is 24.3. The minimum Gasteiger partial charge on any atom is -0.469 e. The number of carbonyl (C=O) groups excluding carboxylic acids is 5. The van der Waals surface area contributed by atoms with Crippen molar-refractivity contribution in [3.05, 3.63) is 52.6 Å². The fourth-order valence-electron chi connectivity index (χ4n) is 4.12. The molecule has 180 valence electrons. The van der Waals surface area contributed by atoms with E-state index in [1.165, 1.54) is 24.0 Å². The quantitative estimate of drug-likeness (QED) is 0.386. The number of carbonyl (C=O) groups is 5. The molecule has 2 aliphatic heterocycles. The molecule has 0 bridgehead atoms. The van der Waals surface area contributed by atoms with Crippen molar-refractivity contribution in [3.8, 4) is 0 Å². The van der Waals surface area contributed by atoms with E-state index in [4.69, 9.17) is 25.7 Å². The van der Waals surface area contributed by atoms with Crippen molar-refractivity contribution < 1.29 is 42.9 Å². The number of nitrogens with zero attached hydrogens (tertiary/aromatic N) is 1. The summed E-state index contributed by atoms with van der Waals surface area (Å²) in [7, 11) is 2.18. The highest BCUT2D eigenvalue weighted by atomic mass is 16.6. The van der Waals surface area contributed by atoms with E-state index >= 15 is 0 Å². The third-order valence-electron chi connectivity index (χ3n) is 5.41. The molecule has 2 aliphatic rings. The first-order valence-corrected chi connectivity index (χ1v) is 10.1. The van der Waals surface area contributed by atoms with Crippen molar-refractivity contribution in [1.82, 2.24) is 0 Å². The van der Waals surface area contributed by atoms with Gasteiger partial charge in [-0.25, -0.2) is 14.4 Å². The van der Waals surface area contributed by atoms with Crippen molar-refractivity contribution in [2.24, 2.45) is 11.5 Å². The van der Waals surface area contributed by atoms with Crippen molar-refractivity contribution in [2.45, 2.75) is 18.8 Å². The maximum atomic E-state index is 13.6. The standard InChI is InChI=1S/C22H23N3O9/c1-4-33-20(29)17-18(24)25(10-14(23)26)12-8-6-5-7-11(12)22(17)16(19(28)32-3)13(34-21(22)30)9-15(27)31-2/h5-8H,4,9-10,24H2,1-3H3,(H2,23,26)/t22-/m0/s1. The van der Waals surface area contributed by atoms with Crippen molar-refractivity contribution in [3.63, 3.8) is 0 Å². The molecule has 0 saturated carbocycles. The molecule has 2 heterocycles. The molecule has 0 fully saturated rings. The van der Waals surface area contributed by atoms with Crippen LogP contribution in [0, 0.1) is 0 Å². The zero-order chi connectivity index (χ0) is 25.2. The number of methoxy groups -OCH3 is 2. The van der Waals surface area contributed by atoms with Gasteiger partial charge >= 0.3 is 23.9 Å². The number of hydrogen-bond donors (Lipinski definition) is 2. The summed E-state index contributed by atoms with van der Waals surface area (Å²) in [6, 6.07) is 6.13. The average molecular weight is 473 g/mol. The molecule has 12 heteroatoms. The van der Waals surface area contributed by atoms with E-state index in [1.807, 2.05) is 0 Å². The van der Waals surface area contributed by atoms with Crippen LogP contribution in [0.15, 0.2) is 47.0 Å². The van der Waals surface area contributed by atoms with Crippen molar-refractivity contribution >= 4 is 35.5 Å². The van der Waals surface area contributed by atoms with Crippen LogP contribution in [0.3, 0.4) is 0 Å². The summed E-state index contributed by atoms with van der Waals surface area (Å²) in [5.41, 5.74) is 8.87. The summed E-state index contributed by atoms with van der Waals surface area (Å²) in [4.78, 5) is 64.9. The van der Waals surface area contributed by atoms with Gasteiger partial charge in [-0.15, -0.1) is 0 Å². The minimum absolute atomic E-state index is 0.0822. The van der Waals surface area contributed by atoms with Gasteiger partial charge in [0, 0.05) is 11.3 Å². The Hall–Kier alpha value is -4.35. The third kappa shape index (κ3) is 3.62. The second-order valence-electron chi connectivity index (χ2n) is 7.23. The van der Waals surface area contributed by atoms with E-state index in [9.17, 15) is 24.0 Å². The van der Waals surface area contributed by atoms with Gasteiger partial charge < -0.3 is 35.3 Å². The lowest BCUT2D eigenvalue weighted by Gasteiger charge is -2.40. The van der Waals surface area contributed by atoms with Gasteiger partial charge in [-0.3, -0.25) is 9.59 Å². The maximum Gasteiger partial charge on any atom is 0.339 e. The van der Waals surface area contributed by atoms with E-state index in [2.05, 4.69) is 4.74 Å². The highest BCUT2D eigenvalue weighted by molar-refractivity contribution is 6.16. The van der Waals surface area contributed by atoms with Crippen LogP contribution in [0.5, 0.6) is 0 Å². The molecule has 1 amide bonds. The number of fused-ring (bicyclic) bond motifs is 2. The highest BCUT2D eigenvalue weighted by Gasteiger charge is 2.64. The summed E-state index contributed by atoms with van der Waals surface area (Å²) in [5.74, 6) is -5.47. The molecule has 0 radical (unpaired) electrons. The van der Waals surface area contributed by atoms with Gasteiger partial charge in [0.1, 0.15) is 35.7 Å². The highest BCUT2D eigenvalue weighted by Crippen LogP contribution is 2.54. The number of ether oxygens (including phenoxy) is 4. The Morgan fingerprint density at radius 3 is 2.32 bits per heavy atom. The Morgan fingerprint density at radius 2 is 1.74 bits per heavy atom. The number of hydrogen-bond acceptors (Lipinski definition) is 11. The van der Waals surface area contributed by atoms with Crippen LogP contribution in [-0.2, 0) is 48.3 Å². The fraction of sp³-hybridized carbons (Fsp3) is 0.318. The summed E-state index contributed by atoms with van der Waals surface area (Å²) in [5, 5.41) is 0. The lowest BCUT2D eigenvalue weighted by atomic mass is 9.66. The lowest BCUT2D eigenvalue weighted by Crippen LogP contribution is -2.52. The second kappa shape index (κ2) is 9.25. The van der Waals surface area contributed by atoms with Crippen LogP contribution in [0.25, 0.3) is 0 Å². The van der Waals surface area contributed by atoms with Gasteiger partial charge in [-0.2, -0.15) is 0 Å². The zero-order valence-electron chi connectivity index (χ0n) is 18.7. The number of para-hydroxylation sites is 1. The first-order chi connectivity index (χ1) is 16.1. The monoisotopic (exact) mass is 473 g/mol. The maximum absolute atomic E-state index is 13.6. The number of nitrogens with two attached hydrogens (primary N) is 2. The minimum atomic E-state index is -2.24. The molecule has 0 aliphatic carbocycles. The molecular formula is C22H23N3O9. The van der Waals surface area contributed by atoms with E-state index in [0.29, 0.717) is 0 Å². The van der Waals surface area contributed by atoms with Gasteiger partial charge in [0.05, 0.1) is 20.8 Å². The fourth-order valence-corrected chi connectivity index (χ4v) is 4.12. The summed E-state index contributed by atoms with van der Waals surface area (Å²) < 4.78 is 20.1. The van der Waals surface area contributed by atoms with E-state index in [-0.39, 0.29) is 29.4 Å². The second-order valence-corrected chi connectivity index (χ2v) is 7.23. The van der Waals surface area contributed by atoms with Gasteiger partial charge in [0.2, 0.25) is 5.91 Å². The molecule has 1 atom stereocenters. The summed E-state index contributed by atoms with van der Waals surface area (Å²) in [6.45, 7) is 1.000. The lowest BCUT2D eigenvalue weighted by molar-refractivity contribution is -0.147. The molecule has 1 aromatic rings. The molecule has 1 aromatic carbocycles. The van der Waals surface area contributed by atoms with Gasteiger partial charge in [-0.05, 0) is 13.0 Å². The molecule has 3 rings (SSSR count). The molecule has 0 saturated heterocycles. The smallest absolute Gasteiger partial charge is 0.339 e. The SMILES string of the molecule is CCOC(=O)C1=C(N)N(CC(N)=O)c2ccccc2[C@@]12C(=O)OC(CC(=O)OC)=C2C(=O)OC. The molecule has 4 N–H and O–H groups in total. The van der Waals surface area contributed by atoms with Crippen LogP contribution in [-0.4, -0.2) is 57.2 Å². The Kier molecular flexibility index (Phi) is 6.61. The van der Waals surface area contributed by atoms with Crippen LogP contribution in [0.4, 0.5) is 5.69 Å². The van der Waals surface area contributed by atoms with Crippen molar-refractivity contribution in [1.29, 1.82) is 0 Å². The molecule has 12 nitrogen and oxygen atoms in total. The Balaban J connectivity index is 2.48. The van der Waals surface area contributed by atoms with Gasteiger partial charge in [-0.1, -0.05) is 18.2 Å². The van der Waals surface area contributed by atoms with Crippen LogP contribution < -0.4 is 16.4 Å². The zero-order valence-corrected chi connectivity index (χ0v) is 18.7. The van der Waals surface area contributed by atoms with Gasteiger partial charge in [0.15, 0.2) is 5.41 Å². The topological polar surface area (TPSA) is 178 Å². The van der Waals surface area contributed by atoms with E-state index in [0.717, 1.165) is 14.2 Å². The predicted molar refractivity (Wildman–Crippen MR) is 114 cm³/mol. The number of cyclic esters (lactones) is 1. The first-order valence-electron chi connectivity index (χ1n) is 10.1. The molecular weight excluding hydrogens is 450 g/mol. The number of rotatable bonds is 7.